The van der Waals surface area contributed by atoms with Gasteiger partial charge in [0.2, 0.25) is 18.1 Å². The molecule has 2 saturated heterocycles. The first-order chi connectivity index (χ1) is 40.1. The van der Waals surface area contributed by atoms with Crippen LogP contribution in [0.1, 0.15) is 75.4 Å². The number of carbonyl (C=O) groups is 8. The number of benzene rings is 2. The average Bonchev–Trinajstić information content (AvgIpc) is 0.610. The number of nitrogens with one attached hydrogen (secondary N) is 3. The summed E-state index contributed by atoms with van der Waals surface area (Å²) in [6, 6.07) is 12.5. The van der Waals surface area contributed by atoms with E-state index in [0.29, 0.717) is 53.9 Å². The van der Waals surface area contributed by atoms with Gasteiger partial charge in [-0.2, -0.15) is 0 Å². The zero-order chi connectivity index (χ0) is 58.9. The number of nitrogens with zero attached hydrogens (tertiary/aromatic N) is 1. The number of aliphatic hydroxyl groups excluding tert-OH is 5. The molecule has 0 unspecified atom stereocenters. The lowest BCUT2D eigenvalue weighted by Crippen LogP contribution is -3.15. The number of hydrogen-bond acceptors (Lipinski definition) is 18. The maximum Gasteiger partial charge on any atom is 0.407 e. The summed E-state index contributed by atoms with van der Waals surface area (Å²) >= 11 is 0. The Kier molecular flexibility index (Phi) is 12.6. The topological polar surface area (TPSA) is 343 Å². The van der Waals surface area contributed by atoms with E-state index in [1.165, 1.54) is 23.8 Å². The van der Waals surface area contributed by atoms with Gasteiger partial charge in [-0.1, -0.05) is 55.8 Å². The maximum atomic E-state index is 14.1. The normalized spacial score (nSPS) is 43.1. The van der Waals surface area contributed by atoms with Crippen LogP contribution in [0.4, 0.5) is 10.5 Å². The first kappa shape index (κ1) is 55.2. The molecule has 0 spiro atoms. The molecule has 3 aliphatic heterocycles. The smallest absolute Gasteiger partial charge is 0.407 e. The summed E-state index contributed by atoms with van der Waals surface area (Å²) in [7, 11) is 0. The van der Waals surface area contributed by atoms with E-state index in [1.807, 2.05) is 25.1 Å². The number of amides is 5. The number of carboxylic acids is 1. The second kappa shape index (κ2) is 19.2. The molecule has 84 heavy (non-hydrogen) atoms. The summed E-state index contributed by atoms with van der Waals surface area (Å²) in [6.07, 6.45) is -2.25. The molecule has 10 aliphatic carbocycles. The van der Waals surface area contributed by atoms with Gasteiger partial charge < -0.3 is 70.3 Å². The van der Waals surface area contributed by atoms with Gasteiger partial charge in [-0.05, 0) is 120 Å². The molecule has 9 saturated carbocycles. The minimum absolute atomic E-state index is 0.0157. The van der Waals surface area contributed by atoms with E-state index in [4.69, 9.17) is 23.7 Å². The average molecular weight is 1160 g/mol. The van der Waals surface area contributed by atoms with Gasteiger partial charge in [0, 0.05) is 60.4 Å². The third-order valence-electron chi connectivity index (χ3n) is 22.6. The number of anilines is 1. The zero-order valence-corrected chi connectivity index (χ0v) is 46.0. The Labute approximate surface area is 480 Å². The van der Waals surface area contributed by atoms with Crippen LogP contribution < -0.4 is 20.7 Å². The van der Waals surface area contributed by atoms with Crippen molar-refractivity contribution < 1.29 is 92.7 Å². The number of allylic oxidation sites excluding steroid dienone is 4. The molecule has 2 aromatic rings. The standard InChI is InChI=1S/C61H66N4O19/c1-57-16-13-30(67)20-29(57)8-9-31-32-21-37-61(36(69)24-66,58(32,2)23-34(68)42(31)57)84-54(82-37)28-6-3-26(4-7-28)22-59-43-46-44(59)48-45(59)47(43)60(46,48)64-56(79)80-25-27-5-10-35(81-55-51(76)49(74)50(75)52(83-55)53(77)78)33(19-27)63-39(71)14-17-62-38(70)15-18-65-40(72)11-12-41(65)73/h3-7,10-13,16,19-20,31-32,34,37,42-52,54-55,66,68,74-76H,8-9,14-15,17-18,21-25H2,1-2H3,(H,62,70)(H,63,71)(H,64,79)(H,77,78)/t31-,32-,34-,37+,42+,43?,44?,45?,46?,47?,48?,49-,50-,51+,52-,54+,55+,57-,58-,59?,60?,61+/m0/s1. The summed E-state index contributed by atoms with van der Waals surface area (Å²) in [5.74, 6) is -2.12. The Hall–Kier alpha value is -6.70. The summed E-state index contributed by atoms with van der Waals surface area (Å²) in [6.45, 7) is 2.88. The molecule has 14 atom stereocenters. The first-order valence-electron chi connectivity index (χ1n) is 29.1. The van der Waals surface area contributed by atoms with Gasteiger partial charge in [-0.3, -0.25) is 33.7 Å². The number of aliphatic carboxylic acids is 1. The number of rotatable bonds is 18. The Morgan fingerprint density at radius 1 is 0.810 bits per heavy atom. The highest BCUT2D eigenvalue weighted by atomic mass is 16.7. The summed E-state index contributed by atoms with van der Waals surface area (Å²) < 4.78 is 30.4. The van der Waals surface area contributed by atoms with Gasteiger partial charge >= 0.3 is 12.1 Å². The highest BCUT2D eigenvalue weighted by molar-refractivity contribution is 6.13. The van der Waals surface area contributed by atoms with Gasteiger partial charge in [-0.25, -0.2) is 9.59 Å². The van der Waals surface area contributed by atoms with Crippen LogP contribution in [0, 0.1) is 69.5 Å². The minimum Gasteiger partial charge on any atom is -0.479 e. The lowest BCUT2D eigenvalue weighted by molar-refractivity contribution is -0.624. The number of Topliss-reactive ketones (excluding diaryl/α,β-unsaturated/α-hetero) is 1. The van der Waals surface area contributed by atoms with Crippen LogP contribution in [0.15, 0.2) is 78.4 Å². The Morgan fingerprint density at radius 3 is 2.20 bits per heavy atom. The van der Waals surface area contributed by atoms with Gasteiger partial charge in [0.05, 0.1) is 23.4 Å². The highest BCUT2D eigenvalue weighted by Crippen LogP contribution is 3.07. The van der Waals surface area contributed by atoms with Crippen LogP contribution in [-0.2, 0) is 65.5 Å². The molecule has 9 N–H and O–H groups in total. The van der Waals surface area contributed by atoms with Crippen molar-refractivity contribution in [3.05, 3.63) is 95.1 Å². The highest BCUT2D eigenvalue weighted by Gasteiger charge is 3.10. The number of imide groups is 1. The van der Waals surface area contributed by atoms with Crippen LogP contribution in [0.5, 0.6) is 5.75 Å². The molecule has 3 heterocycles. The fraction of sp³-hybridized carbons (Fsp3) is 0.574. The van der Waals surface area contributed by atoms with Crippen molar-refractivity contribution in [1.29, 1.82) is 0 Å². The number of ether oxygens (including phenoxy) is 5. The van der Waals surface area contributed by atoms with Crippen LogP contribution >= 0.6 is 0 Å². The number of alkyl carbamates (subject to hydrolysis) is 1. The molecular formula is C61H66N4O19. The number of hydrogen-bond donors (Lipinski definition) is 9. The summed E-state index contributed by atoms with van der Waals surface area (Å²) in [5, 5.41) is 71.8. The predicted octanol–water partition coefficient (Wildman–Crippen LogP) is 1.28. The SMILES string of the molecule is C[C@]12C=CC(=O)C=C1CC[C@@H]1[C@@H]2[C@@H](O)C[C@@]2(C)[C@H]1C[C@H]1O[C@@H](c3ccc(CC45C6C7C4C4C5C6C74NC(=O)OCc4ccc(O[C@@H]5O[C@H](C(=O)O)[C@@H](O)[C@H](O)[C@H]5O)c(NC(=O)CCNC(=O)CCN5C(=O)C=CC5=O)c4)cc3)O[C@]12C(=O)CO. The predicted molar refractivity (Wildman–Crippen MR) is 285 cm³/mol. The second-order valence-corrected chi connectivity index (χ2v) is 25.9. The Morgan fingerprint density at radius 2 is 1.51 bits per heavy atom. The number of ketones is 2. The molecule has 0 aromatic heterocycles. The van der Waals surface area contributed by atoms with E-state index in [1.54, 1.807) is 12.2 Å². The quantitative estimate of drug-likeness (QED) is 0.0950. The summed E-state index contributed by atoms with van der Waals surface area (Å²) in [5.41, 5.74) is 0.469. The Bertz CT molecular complexity index is 3250. The third kappa shape index (κ3) is 7.38. The van der Waals surface area contributed by atoms with Crippen molar-refractivity contribution in [1.82, 2.24) is 15.5 Å². The fourth-order valence-corrected chi connectivity index (χ4v) is 19.3. The van der Waals surface area contributed by atoms with Crippen molar-refractivity contribution in [3.8, 4) is 5.75 Å². The molecule has 15 rings (SSSR count). The van der Waals surface area contributed by atoms with Gasteiger partial charge in [0.25, 0.3) is 11.8 Å². The van der Waals surface area contributed by atoms with E-state index < -0.39 is 114 Å². The van der Waals surface area contributed by atoms with Gasteiger partial charge in [-0.15, -0.1) is 0 Å². The van der Waals surface area contributed by atoms with E-state index in [0.717, 1.165) is 47.5 Å². The van der Waals surface area contributed by atoms with Crippen molar-refractivity contribution in [2.45, 2.75) is 126 Å². The van der Waals surface area contributed by atoms with Crippen LogP contribution in [0.2, 0.25) is 0 Å². The number of carbonyl (C=O) groups excluding carboxylic acids is 7. The van der Waals surface area contributed by atoms with E-state index in [-0.39, 0.29) is 78.5 Å². The van der Waals surface area contributed by atoms with E-state index >= 15 is 0 Å². The van der Waals surface area contributed by atoms with Crippen LogP contribution in [0.25, 0.3) is 0 Å². The molecule has 5 amide bonds. The minimum atomic E-state index is -1.98. The molecular weight excluding hydrogens is 1090 g/mol. The lowest BCUT2D eigenvalue weighted by atomic mass is 8.94. The Balaban J connectivity index is 0.591. The van der Waals surface area contributed by atoms with Gasteiger partial charge in [0.15, 0.2) is 29.6 Å². The van der Waals surface area contributed by atoms with Crippen LogP contribution in [-0.4, -0.2) is 157 Å². The number of carboxylic acid groups (broad SMARTS) is 1. The molecule has 23 heteroatoms. The number of fused-ring (bicyclic) bond motifs is 7. The summed E-state index contributed by atoms with van der Waals surface area (Å²) in [4.78, 5) is 102. The van der Waals surface area contributed by atoms with Crippen LogP contribution in [0.3, 0.4) is 0 Å². The second-order valence-electron chi connectivity index (χ2n) is 25.9. The van der Waals surface area contributed by atoms with E-state index in [2.05, 4.69) is 35.0 Å². The molecule has 0 bridgehead atoms. The largest absolute Gasteiger partial charge is 0.479 e. The molecule has 444 valence electrons. The molecule has 2 aromatic carbocycles. The lowest BCUT2D eigenvalue weighted by Gasteiger charge is -3.11. The molecule has 0 radical (unpaired) electrons. The third-order valence-corrected chi connectivity index (χ3v) is 22.6. The van der Waals surface area contributed by atoms with Crippen molar-refractivity contribution in [2.24, 2.45) is 69.5 Å². The molecule has 11 fully saturated rings. The molecule has 13 aliphatic rings. The van der Waals surface area contributed by atoms with E-state index in [9.17, 15) is 69.0 Å². The first-order valence-corrected chi connectivity index (χ1v) is 29.1. The van der Waals surface area contributed by atoms with Crippen molar-refractivity contribution in [2.75, 3.05) is 25.0 Å². The van der Waals surface area contributed by atoms with Crippen molar-refractivity contribution in [3.63, 3.8) is 0 Å². The fourth-order valence-electron chi connectivity index (χ4n) is 19.3. The van der Waals surface area contributed by atoms with Gasteiger partial charge in [0.1, 0.15) is 37.3 Å². The number of aliphatic hydroxyl groups is 5. The zero-order valence-electron chi connectivity index (χ0n) is 46.0. The molecule has 23 nitrogen and oxygen atoms in total. The van der Waals surface area contributed by atoms with Crippen molar-refractivity contribution >= 4 is 52.9 Å². The monoisotopic (exact) mass is 1160 g/mol. The maximum absolute atomic E-state index is 14.1.